The number of hydrogen-bond acceptors (Lipinski definition) is 5. The van der Waals surface area contributed by atoms with Crippen LogP contribution in [0.1, 0.15) is 38.5 Å². The Balaban J connectivity index is 1.56. The molecule has 9 nitrogen and oxygen atoms in total. The van der Waals surface area contributed by atoms with Crippen LogP contribution >= 0.6 is 11.6 Å². The second-order valence-electron chi connectivity index (χ2n) is 9.25. The predicted molar refractivity (Wildman–Crippen MR) is 145 cm³/mol. The van der Waals surface area contributed by atoms with Crippen LogP contribution in [0.4, 0.5) is 8.78 Å². The number of amides is 1. The third kappa shape index (κ3) is 7.33. The fourth-order valence-electron chi connectivity index (χ4n) is 4.26. The maximum atomic E-state index is 14.3. The molecule has 1 aromatic heterocycles. The Labute approximate surface area is 237 Å². The predicted octanol–water partition coefficient (Wildman–Crippen LogP) is 4.40. The van der Waals surface area contributed by atoms with E-state index in [9.17, 15) is 38.5 Å². The van der Waals surface area contributed by atoms with Crippen LogP contribution in [0.25, 0.3) is 11.1 Å². The summed E-state index contributed by atoms with van der Waals surface area (Å²) in [7, 11) is 0. The average molecular weight is 584 g/mol. The highest BCUT2D eigenvalue weighted by Crippen LogP contribution is 2.22. The third-order valence-electron chi connectivity index (χ3n) is 6.32. The number of carboxylic acid groups (broad SMARTS) is 2. The molecule has 0 saturated carbocycles. The van der Waals surface area contributed by atoms with Crippen molar-refractivity contribution in [2.45, 2.75) is 31.5 Å². The molecule has 12 heteroatoms. The van der Waals surface area contributed by atoms with Crippen molar-refractivity contribution >= 4 is 29.4 Å². The van der Waals surface area contributed by atoms with Crippen LogP contribution in [0.5, 0.6) is 0 Å². The number of rotatable bonds is 11. The zero-order chi connectivity index (χ0) is 29.7. The van der Waals surface area contributed by atoms with Crippen molar-refractivity contribution in [3.8, 4) is 11.1 Å². The molecule has 0 aliphatic rings. The molecule has 4 rings (SSSR count). The van der Waals surface area contributed by atoms with E-state index in [1.807, 2.05) is 42.5 Å². The van der Waals surface area contributed by atoms with Gasteiger partial charge >= 0.3 is 11.9 Å². The van der Waals surface area contributed by atoms with Crippen molar-refractivity contribution in [3.05, 3.63) is 112 Å². The standard InChI is InChI=1S/C29H24ClF2N3O6/c30-19-11-22(31)21(23(32)12-19)15-35-25(28(38)39)14-24(34-35)27(37)33-20(13-26(36)29(40)41)10-16-6-8-18(9-7-16)17-4-2-1-3-5-17/h1-9,11-12,14,20,26,36H,10,13,15H2,(H,33,37)(H,38,39)(H,40,41)/t20?,26-/m1/s1. The molecular weight excluding hydrogens is 560 g/mol. The number of aliphatic carboxylic acids is 1. The number of aromatic nitrogens is 2. The van der Waals surface area contributed by atoms with Crippen LogP contribution in [0.2, 0.25) is 5.02 Å². The van der Waals surface area contributed by atoms with E-state index in [1.54, 1.807) is 12.1 Å². The fraction of sp³-hybridized carbons (Fsp3) is 0.172. The zero-order valence-corrected chi connectivity index (χ0v) is 22.1. The summed E-state index contributed by atoms with van der Waals surface area (Å²) in [6.45, 7) is -0.640. The van der Waals surface area contributed by atoms with Gasteiger partial charge in [0.25, 0.3) is 5.91 Å². The van der Waals surface area contributed by atoms with E-state index in [0.717, 1.165) is 39.6 Å². The van der Waals surface area contributed by atoms with Crippen LogP contribution in [0.15, 0.2) is 72.8 Å². The number of benzene rings is 3. The van der Waals surface area contributed by atoms with Gasteiger partial charge in [-0.15, -0.1) is 0 Å². The van der Waals surface area contributed by atoms with Crippen LogP contribution < -0.4 is 5.32 Å². The average Bonchev–Trinajstić information content (AvgIpc) is 3.36. The second-order valence-corrected chi connectivity index (χ2v) is 9.69. The van der Waals surface area contributed by atoms with Gasteiger partial charge in [0.05, 0.1) is 6.54 Å². The van der Waals surface area contributed by atoms with Gasteiger partial charge in [0.2, 0.25) is 0 Å². The first-order valence-electron chi connectivity index (χ1n) is 12.3. The Kier molecular flexibility index (Phi) is 9.10. The molecule has 0 aliphatic heterocycles. The summed E-state index contributed by atoms with van der Waals surface area (Å²) in [4.78, 5) is 36.2. The number of hydrogen-bond donors (Lipinski definition) is 4. The van der Waals surface area contributed by atoms with Crippen LogP contribution in [0.3, 0.4) is 0 Å². The number of aliphatic hydroxyl groups is 1. The number of halogens is 3. The van der Waals surface area contributed by atoms with E-state index in [-0.39, 0.29) is 23.6 Å². The summed E-state index contributed by atoms with van der Waals surface area (Å²) >= 11 is 5.65. The Bertz CT molecular complexity index is 1550. The molecule has 3 aromatic carbocycles. The monoisotopic (exact) mass is 583 g/mol. The second kappa shape index (κ2) is 12.7. The number of nitrogens with one attached hydrogen (secondary N) is 1. The number of carbonyl (C=O) groups is 3. The van der Waals surface area contributed by atoms with Gasteiger partial charge in [0, 0.05) is 29.1 Å². The molecule has 1 unspecified atom stereocenters. The summed E-state index contributed by atoms with van der Waals surface area (Å²) in [6.07, 6.45) is -2.00. The van der Waals surface area contributed by atoms with Crippen molar-refractivity contribution in [1.29, 1.82) is 0 Å². The maximum absolute atomic E-state index is 14.3. The number of aliphatic hydroxyl groups excluding tert-OH is 1. The maximum Gasteiger partial charge on any atom is 0.354 e. The van der Waals surface area contributed by atoms with Crippen molar-refractivity contribution in [1.82, 2.24) is 15.1 Å². The van der Waals surface area contributed by atoms with Crippen LogP contribution in [-0.4, -0.2) is 55.1 Å². The Morgan fingerprint density at radius 2 is 1.54 bits per heavy atom. The molecular formula is C29H24ClF2N3O6. The normalized spacial score (nSPS) is 12.5. The molecule has 0 fully saturated rings. The number of aromatic carboxylic acids is 1. The van der Waals surface area contributed by atoms with E-state index >= 15 is 0 Å². The quantitative estimate of drug-likeness (QED) is 0.205. The molecule has 0 radical (unpaired) electrons. The Hall–Kier alpha value is -4.61. The van der Waals surface area contributed by atoms with Crippen molar-refractivity contribution in [3.63, 3.8) is 0 Å². The molecule has 1 heterocycles. The summed E-state index contributed by atoms with van der Waals surface area (Å²) in [6, 6.07) is 18.7. The van der Waals surface area contributed by atoms with Gasteiger partial charge in [-0.05, 0) is 35.2 Å². The SMILES string of the molecule is O=C(NC(Cc1ccc(-c2ccccc2)cc1)C[C@@H](O)C(=O)O)c1cc(C(=O)O)n(Cc2c(F)cc(Cl)cc2F)n1. The van der Waals surface area contributed by atoms with Gasteiger partial charge in [-0.2, -0.15) is 5.10 Å². The lowest BCUT2D eigenvalue weighted by molar-refractivity contribution is -0.147. The number of carboxylic acids is 2. The van der Waals surface area contributed by atoms with E-state index in [0.29, 0.717) is 0 Å². The largest absolute Gasteiger partial charge is 0.479 e. The molecule has 4 aromatic rings. The Morgan fingerprint density at radius 3 is 2.12 bits per heavy atom. The smallest absolute Gasteiger partial charge is 0.354 e. The van der Waals surface area contributed by atoms with Crippen molar-refractivity contribution in [2.75, 3.05) is 0 Å². The van der Waals surface area contributed by atoms with Gasteiger partial charge in [-0.1, -0.05) is 66.2 Å². The highest BCUT2D eigenvalue weighted by molar-refractivity contribution is 6.30. The first kappa shape index (κ1) is 29.4. The molecule has 4 N–H and O–H groups in total. The highest BCUT2D eigenvalue weighted by atomic mass is 35.5. The minimum atomic E-state index is -1.79. The van der Waals surface area contributed by atoms with Gasteiger partial charge in [0.1, 0.15) is 17.3 Å². The number of nitrogens with zero attached hydrogens (tertiary/aromatic N) is 2. The first-order valence-corrected chi connectivity index (χ1v) is 12.7. The number of carbonyl (C=O) groups excluding carboxylic acids is 1. The summed E-state index contributed by atoms with van der Waals surface area (Å²) < 4.78 is 29.4. The molecule has 0 saturated heterocycles. The minimum Gasteiger partial charge on any atom is -0.479 e. The lowest BCUT2D eigenvalue weighted by atomic mass is 9.97. The van der Waals surface area contributed by atoms with Gasteiger partial charge in [-0.3, -0.25) is 9.48 Å². The molecule has 0 aliphatic carbocycles. The molecule has 212 valence electrons. The minimum absolute atomic E-state index is 0.138. The Morgan fingerprint density at radius 1 is 0.927 bits per heavy atom. The van der Waals surface area contributed by atoms with Gasteiger partial charge < -0.3 is 20.6 Å². The van der Waals surface area contributed by atoms with E-state index in [1.165, 1.54) is 0 Å². The summed E-state index contributed by atoms with van der Waals surface area (Å²) in [5, 5.41) is 35.1. The molecule has 0 spiro atoms. The van der Waals surface area contributed by atoms with E-state index < -0.39 is 59.4 Å². The van der Waals surface area contributed by atoms with Crippen molar-refractivity contribution in [2.24, 2.45) is 0 Å². The summed E-state index contributed by atoms with van der Waals surface area (Å²) in [5.74, 6) is -5.88. The lowest BCUT2D eigenvalue weighted by Crippen LogP contribution is -2.40. The van der Waals surface area contributed by atoms with E-state index in [4.69, 9.17) is 11.6 Å². The summed E-state index contributed by atoms with van der Waals surface area (Å²) in [5.41, 5.74) is 1.27. The van der Waals surface area contributed by atoms with Gasteiger partial charge in [0.15, 0.2) is 11.8 Å². The first-order chi connectivity index (χ1) is 19.5. The van der Waals surface area contributed by atoms with Crippen LogP contribution in [0, 0.1) is 11.6 Å². The van der Waals surface area contributed by atoms with Crippen LogP contribution in [-0.2, 0) is 17.8 Å². The molecule has 41 heavy (non-hydrogen) atoms. The van der Waals surface area contributed by atoms with Gasteiger partial charge in [-0.25, -0.2) is 18.4 Å². The highest BCUT2D eigenvalue weighted by Gasteiger charge is 2.26. The molecule has 1 amide bonds. The molecule has 0 bridgehead atoms. The molecule has 2 atom stereocenters. The fourth-order valence-corrected chi connectivity index (χ4v) is 4.46. The topological polar surface area (TPSA) is 142 Å². The third-order valence-corrected chi connectivity index (χ3v) is 6.53. The van der Waals surface area contributed by atoms with Crippen molar-refractivity contribution < 1.29 is 38.5 Å². The lowest BCUT2D eigenvalue weighted by Gasteiger charge is -2.20. The zero-order valence-electron chi connectivity index (χ0n) is 21.3. The van der Waals surface area contributed by atoms with E-state index in [2.05, 4.69) is 10.4 Å².